The number of nitrogens with one attached hydrogen (secondary N) is 1. The van der Waals surface area contributed by atoms with E-state index in [0.717, 1.165) is 19.7 Å². The van der Waals surface area contributed by atoms with Gasteiger partial charge in [0.15, 0.2) is 0 Å². The molecule has 0 aliphatic heterocycles. The van der Waals surface area contributed by atoms with Gasteiger partial charge >= 0.3 is 10.2 Å². The molecule has 0 spiro atoms. The Balaban J connectivity index is 1.78. The normalized spacial score (nSPS) is 12.4. The van der Waals surface area contributed by atoms with Crippen LogP contribution in [0.1, 0.15) is 40.0 Å². The van der Waals surface area contributed by atoms with Crippen molar-refractivity contribution in [2.24, 2.45) is 0 Å². The summed E-state index contributed by atoms with van der Waals surface area (Å²) in [5.41, 5.74) is 3.17. The van der Waals surface area contributed by atoms with Gasteiger partial charge in [-0.3, -0.25) is 9.10 Å². The average Bonchev–Trinajstić information content (AvgIpc) is 2.78. The third-order valence-corrected chi connectivity index (χ3v) is 7.13. The van der Waals surface area contributed by atoms with E-state index in [-0.39, 0.29) is 24.2 Å². The van der Waals surface area contributed by atoms with Gasteiger partial charge in [-0.05, 0) is 49.2 Å². The highest BCUT2D eigenvalue weighted by atomic mass is 32.2. The van der Waals surface area contributed by atoms with Crippen LogP contribution in [0.4, 0.5) is 10.1 Å². The third-order valence-electron chi connectivity index (χ3n) is 5.33. The summed E-state index contributed by atoms with van der Waals surface area (Å²) in [4.78, 5) is 12.7. The number of benzene rings is 3. The summed E-state index contributed by atoms with van der Waals surface area (Å²) >= 11 is 0. The molecule has 0 saturated heterocycles. The summed E-state index contributed by atoms with van der Waals surface area (Å²) in [7, 11) is -1.15. The van der Waals surface area contributed by atoms with Crippen molar-refractivity contribution < 1.29 is 17.6 Å². The van der Waals surface area contributed by atoms with Gasteiger partial charge in [-0.25, -0.2) is 4.39 Å². The summed E-state index contributed by atoms with van der Waals surface area (Å²) in [5.74, 6) is -0.870. The molecule has 3 rings (SSSR count). The average molecular weight is 470 g/mol. The predicted octanol–water partition coefficient (Wildman–Crippen LogP) is 4.44. The molecule has 0 radical (unpaired) electrons. The third kappa shape index (κ3) is 5.77. The number of halogens is 1. The number of aryl methyl sites for hydroxylation is 1. The van der Waals surface area contributed by atoms with Gasteiger partial charge in [-0.2, -0.15) is 12.7 Å². The molecule has 1 unspecified atom stereocenters. The number of amides is 1. The molecule has 0 heterocycles. The van der Waals surface area contributed by atoms with Crippen LogP contribution in [0.3, 0.4) is 0 Å². The molecular formula is C25H28FN3O3S. The second-order valence-corrected chi connectivity index (χ2v) is 10.1. The van der Waals surface area contributed by atoms with Crippen molar-refractivity contribution in [2.75, 3.05) is 18.4 Å². The van der Waals surface area contributed by atoms with Gasteiger partial charge in [-0.1, -0.05) is 54.1 Å². The molecule has 8 heteroatoms. The van der Waals surface area contributed by atoms with Crippen LogP contribution in [0, 0.1) is 12.7 Å². The van der Waals surface area contributed by atoms with Crippen LogP contribution in [-0.2, 0) is 16.8 Å². The van der Waals surface area contributed by atoms with Crippen molar-refractivity contribution in [2.45, 2.75) is 26.4 Å². The highest BCUT2D eigenvalue weighted by Gasteiger charge is 2.27. The maximum Gasteiger partial charge on any atom is 0.303 e. The Morgan fingerprint density at radius 1 is 0.970 bits per heavy atom. The molecule has 3 aromatic carbocycles. The van der Waals surface area contributed by atoms with E-state index in [1.54, 1.807) is 30.3 Å². The van der Waals surface area contributed by atoms with E-state index >= 15 is 0 Å². The van der Waals surface area contributed by atoms with Gasteiger partial charge in [0.1, 0.15) is 5.82 Å². The Morgan fingerprint density at radius 2 is 1.58 bits per heavy atom. The number of para-hydroxylation sites is 1. The molecular weight excluding hydrogens is 441 g/mol. The summed E-state index contributed by atoms with van der Waals surface area (Å²) in [6, 6.07) is 20.1. The summed E-state index contributed by atoms with van der Waals surface area (Å²) < 4.78 is 42.2. The zero-order chi connectivity index (χ0) is 24.2. The minimum absolute atomic E-state index is 0.0417. The lowest BCUT2D eigenvalue weighted by molar-refractivity contribution is 0.0940. The second kappa shape index (κ2) is 10.1. The molecule has 33 heavy (non-hydrogen) atoms. The van der Waals surface area contributed by atoms with Crippen LogP contribution in [0.5, 0.6) is 0 Å². The monoisotopic (exact) mass is 469 g/mol. The van der Waals surface area contributed by atoms with Gasteiger partial charge < -0.3 is 5.32 Å². The number of hydrogen-bond acceptors (Lipinski definition) is 3. The second-order valence-electron chi connectivity index (χ2n) is 8.05. The number of carbonyl (C=O) groups excluding carboxylic acids is 1. The van der Waals surface area contributed by atoms with Gasteiger partial charge in [0, 0.05) is 19.7 Å². The molecule has 1 atom stereocenters. The first kappa shape index (κ1) is 24.4. The van der Waals surface area contributed by atoms with E-state index in [1.807, 2.05) is 38.1 Å². The quantitative estimate of drug-likeness (QED) is 0.530. The van der Waals surface area contributed by atoms with Crippen LogP contribution in [0.2, 0.25) is 0 Å². The van der Waals surface area contributed by atoms with Crippen LogP contribution < -0.4 is 9.62 Å². The molecule has 1 amide bonds. The number of rotatable bonds is 8. The molecule has 0 aliphatic rings. The van der Waals surface area contributed by atoms with Crippen LogP contribution in [0.25, 0.3) is 0 Å². The number of hydrogen-bond donors (Lipinski definition) is 1. The number of anilines is 1. The molecule has 0 saturated carbocycles. The molecule has 3 aromatic rings. The fourth-order valence-electron chi connectivity index (χ4n) is 3.29. The van der Waals surface area contributed by atoms with Crippen molar-refractivity contribution >= 4 is 21.8 Å². The maximum absolute atomic E-state index is 14.4. The zero-order valence-corrected chi connectivity index (χ0v) is 19.9. The Hall–Kier alpha value is -3.23. The predicted molar refractivity (Wildman–Crippen MR) is 129 cm³/mol. The minimum atomic E-state index is -3.94. The lowest BCUT2D eigenvalue weighted by atomic mass is 10.1. The van der Waals surface area contributed by atoms with Crippen molar-refractivity contribution in [1.82, 2.24) is 9.62 Å². The van der Waals surface area contributed by atoms with Gasteiger partial charge in [-0.15, -0.1) is 0 Å². The Bertz CT molecular complexity index is 1210. The zero-order valence-electron chi connectivity index (χ0n) is 19.1. The lowest BCUT2D eigenvalue weighted by Gasteiger charge is -2.27. The summed E-state index contributed by atoms with van der Waals surface area (Å²) in [6.45, 7) is 3.84. The smallest absolute Gasteiger partial charge is 0.303 e. The van der Waals surface area contributed by atoms with E-state index < -0.39 is 16.0 Å². The first-order valence-electron chi connectivity index (χ1n) is 10.5. The molecule has 1 N–H and O–H groups in total. The molecule has 0 aromatic heterocycles. The SMILES string of the molecule is Cc1ccc(C(C)NC(=O)c2ccc(CN(c3ccccc3F)S(=O)(=O)N(C)C)cc2)cc1. The standard InChI is InChI=1S/C25H28FN3O3S/c1-18-9-13-21(14-10-18)19(2)27-25(30)22-15-11-20(12-16-22)17-29(33(31,32)28(3)4)24-8-6-5-7-23(24)26/h5-16,19H,17H2,1-4H3,(H,27,30). The highest BCUT2D eigenvalue weighted by Crippen LogP contribution is 2.25. The lowest BCUT2D eigenvalue weighted by Crippen LogP contribution is -2.40. The minimum Gasteiger partial charge on any atom is -0.346 e. The van der Waals surface area contributed by atoms with Crippen molar-refractivity contribution in [3.8, 4) is 0 Å². The van der Waals surface area contributed by atoms with E-state index in [2.05, 4.69) is 5.32 Å². The fraction of sp³-hybridized carbons (Fsp3) is 0.240. The Morgan fingerprint density at radius 3 is 2.15 bits per heavy atom. The van der Waals surface area contributed by atoms with E-state index in [9.17, 15) is 17.6 Å². The van der Waals surface area contributed by atoms with Crippen LogP contribution >= 0.6 is 0 Å². The first-order valence-corrected chi connectivity index (χ1v) is 11.9. The van der Waals surface area contributed by atoms with E-state index in [4.69, 9.17) is 0 Å². The fourth-order valence-corrected chi connectivity index (χ4v) is 4.39. The molecule has 6 nitrogen and oxygen atoms in total. The largest absolute Gasteiger partial charge is 0.346 e. The topological polar surface area (TPSA) is 69.7 Å². The highest BCUT2D eigenvalue weighted by molar-refractivity contribution is 7.90. The van der Waals surface area contributed by atoms with Crippen molar-refractivity contribution in [3.63, 3.8) is 0 Å². The molecule has 0 fully saturated rings. The van der Waals surface area contributed by atoms with Gasteiger partial charge in [0.05, 0.1) is 18.3 Å². The van der Waals surface area contributed by atoms with E-state index in [0.29, 0.717) is 11.1 Å². The number of carbonyl (C=O) groups is 1. The maximum atomic E-state index is 14.4. The Labute approximate surface area is 194 Å². The van der Waals surface area contributed by atoms with Crippen LogP contribution in [0.15, 0.2) is 72.8 Å². The van der Waals surface area contributed by atoms with Gasteiger partial charge in [0.25, 0.3) is 5.91 Å². The van der Waals surface area contributed by atoms with Crippen molar-refractivity contribution in [1.29, 1.82) is 0 Å². The summed E-state index contributed by atoms with van der Waals surface area (Å²) in [5, 5.41) is 2.96. The van der Waals surface area contributed by atoms with Crippen LogP contribution in [-0.4, -0.2) is 32.7 Å². The molecule has 0 aliphatic carbocycles. The number of nitrogens with zero attached hydrogens (tertiary/aromatic N) is 2. The molecule has 174 valence electrons. The Kier molecular flexibility index (Phi) is 7.50. The molecule has 0 bridgehead atoms. The van der Waals surface area contributed by atoms with Gasteiger partial charge in [0.2, 0.25) is 0 Å². The van der Waals surface area contributed by atoms with E-state index in [1.165, 1.54) is 32.3 Å². The first-order chi connectivity index (χ1) is 15.6. The van der Waals surface area contributed by atoms with Crippen molar-refractivity contribution in [3.05, 3.63) is 101 Å². The summed E-state index contributed by atoms with van der Waals surface area (Å²) in [6.07, 6.45) is 0.